The van der Waals surface area contributed by atoms with Crippen LogP contribution in [0, 0.1) is 0 Å². The molecule has 0 amide bonds. The lowest BCUT2D eigenvalue weighted by Crippen LogP contribution is -2.20. The lowest BCUT2D eigenvalue weighted by atomic mass is 10.1. The maximum absolute atomic E-state index is 11.0. The van der Waals surface area contributed by atoms with Gasteiger partial charge in [0.25, 0.3) is 0 Å². The topological polar surface area (TPSA) is 66.8 Å². The first-order valence-corrected chi connectivity index (χ1v) is 5.12. The predicted octanol–water partition coefficient (Wildman–Crippen LogP) is 1.02. The lowest BCUT2D eigenvalue weighted by Gasteiger charge is -2.12. The van der Waals surface area contributed by atoms with Gasteiger partial charge in [0, 0.05) is 6.42 Å². The second-order valence-corrected chi connectivity index (χ2v) is 3.71. The Morgan fingerprint density at radius 1 is 1.40 bits per heavy atom. The molecule has 0 heterocycles. The standard InChI is InChI=1S/C11H20O4/c1-4-15-11(14)7-10(13)6-9(12)5-8(2)3/h5,9-10,12-13H,4,6-7H2,1-3H3/t9-,10+/m1/s1. The van der Waals surface area contributed by atoms with Gasteiger partial charge in [-0.05, 0) is 20.8 Å². The number of hydrogen-bond donors (Lipinski definition) is 2. The molecule has 0 aromatic heterocycles. The summed E-state index contributed by atoms with van der Waals surface area (Å²) in [6.07, 6.45) is 0.175. The molecule has 88 valence electrons. The summed E-state index contributed by atoms with van der Waals surface area (Å²) in [6.45, 7) is 5.74. The zero-order valence-corrected chi connectivity index (χ0v) is 9.56. The summed E-state index contributed by atoms with van der Waals surface area (Å²) in [5.74, 6) is -0.436. The normalized spacial score (nSPS) is 14.2. The number of rotatable bonds is 6. The molecule has 2 atom stereocenters. The third-order valence-corrected chi connectivity index (χ3v) is 1.75. The molecule has 0 aromatic carbocycles. The number of ether oxygens (including phenoxy) is 1. The lowest BCUT2D eigenvalue weighted by molar-refractivity contribution is -0.145. The van der Waals surface area contributed by atoms with Gasteiger partial charge >= 0.3 is 5.97 Å². The van der Waals surface area contributed by atoms with Crippen molar-refractivity contribution in [1.82, 2.24) is 0 Å². The molecule has 4 heteroatoms. The number of esters is 1. The Bertz CT molecular complexity index is 219. The molecule has 0 rings (SSSR count). The van der Waals surface area contributed by atoms with Gasteiger partial charge in [0.05, 0.1) is 25.2 Å². The number of allylic oxidation sites excluding steroid dienone is 1. The van der Waals surface area contributed by atoms with E-state index < -0.39 is 18.2 Å². The van der Waals surface area contributed by atoms with E-state index in [-0.39, 0.29) is 12.8 Å². The first kappa shape index (κ1) is 14.1. The van der Waals surface area contributed by atoms with Gasteiger partial charge in [-0.2, -0.15) is 0 Å². The van der Waals surface area contributed by atoms with Crippen molar-refractivity contribution in [3.8, 4) is 0 Å². The fourth-order valence-corrected chi connectivity index (χ4v) is 1.23. The second-order valence-electron chi connectivity index (χ2n) is 3.71. The summed E-state index contributed by atoms with van der Waals surface area (Å²) in [5.41, 5.74) is 0.978. The van der Waals surface area contributed by atoms with E-state index in [1.165, 1.54) is 0 Å². The van der Waals surface area contributed by atoms with E-state index in [9.17, 15) is 15.0 Å². The van der Waals surface area contributed by atoms with Gasteiger partial charge in [0.2, 0.25) is 0 Å². The van der Waals surface area contributed by atoms with Crippen molar-refractivity contribution >= 4 is 5.97 Å². The molecule has 0 saturated carbocycles. The Morgan fingerprint density at radius 2 is 2.00 bits per heavy atom. The molecule has 0 aliphatic heterocycles. The zero-order chi connectivity index (χ0) is 11.8. The Balaban J connectivity index is 3.87. The van der Waals surface area contributed by atoms with Gasteiger partial charge in [0.1, 0.15) is 0 Å². The minimum absolute atomic E-state index is 0.0680. The Morgan fingerprint density at radius 3 is 2.47 bits per heavy atom. The monoisotopic (exact) mass is 216 g/mol. The average molecular weight is 216 g/mol. The maximum Gasteiger partial charge on any atom is 0.308 e. The van der Waals surface area contributed by atoms with Crippen molar-refractivity contribution in [3.05, 3.63) is 11.6 Å². The molecule has 15 heavy (non-hydrogen) atoms. The highest BCUT2D eigenvalue weighted by atomic mass is 16.5. The maximum atomic E-state index is 11.0. The van der Waals surface area contributed by atoms with Gasteiger partial charge in [-0.1, -0.05) is 11.6 Å². The van der Waals surface area contributed by atoms with E-state index in [1.807, 2.05) is 13.8 Å². The van der Waals surface area contributed by atoms with Crippen LogP contribution in [0.2, 0.25) is 0 Å². The van der Waals surface area contributed by atoms with Crippen LogP contribution in [0.5, 0.6) is 0 Å². The zero-order valence-electron chi connectivity index (χ0n) is 9.56. The largest absolute Gasteiger partial charge is 0.466 e. The summed E-state index contributed by atoms with van der Waals surface area (Å²) < 4.78 is 4.68. The Labute approximate surface area is 90.6 Å². The fourth-order valence-electron chi connectivity index (χ4n) is 1.23. The highest BCUT2D eigenvalue weighted by Crippen LogP contribution is 2.06. The van der Waals surface area contributed by atoms with Crippen LogP contribution < -0.4 is 0 Å². The molecule has 0 fully saturated rings. The first-order valence-electron chi connectivity index (χ1n) is 5.12. The number of carbonyl (C=O) groups excluding carboxylic acids is 1. The molecule has 0 unspecified atom stereocenters. The molecule has 0 spiro atoms. The van der Waals surface area contributed by atoms with Crippen LogP contribution in [0.4, 0.5) is 0 Å². The highest BCUT2D eigenvalue weighted by Gasteiger charge is 2.14. The van der Waals surface area contributed by atoms with Gasteiger partial charge in [-0.25, -0.2) is 0 Å². The number of carbonyl (C=O) groups is 1. The number of aliphatic hydroxyl groups is 2. The van der Waals surface area contributed by atoms with Crippen molar-refractivity contribution in [2.24, 2.45) is 0 Å². The second kappa shape index (κ2) is 7.43. The summed E-state index contributed by atoms with van der Waals surface area (Å²) in [4.78, 5) is 11.0. The number of aliphatic hydroxyl groups excluding tert-OH is 2. The highest BCUT2D eigenvalue weighted by molar-refractivity contribution is 5.69. The molecular formula is C11H20O4. The van der Waals surface area contributed by atoms with Crippen LogP contribution >= 0.6 is 0 Å². The summed E-state index contributed by atoms with van der Waals surface area (Å²) in [6, 6.07) is 0. The first-order chi connectivity index (χ1) is 6.95. The van der Waals surface area contributed by atoms with Crippen molar-refractivity contribution in [3.63, 3.8) is 0 Å². The molecule has 0 bridgehead atoms. The predicted molar refractivity (Wildman–Crippen MR) is 57.3 cm³/mol. The van der Waals surface area contributed by atoms with Crippen LogP contribution in [-0.2, 0) is 9.53 Å². The van der Waals surface area contributed by atoms with Crippen LogP contribution in [0.3, 0.4) is 0 Å². The number of hydrogen-bond acceptors (Lipinski definition) is 4. The van der Waals surface area contributed by atoms with Crippen LogP contribution in [-0.4, -0.2) is 35.0 Å². The molecule has 0 aliphatic carbocycles. The summed E-state index contributed by atoms with van der Waals surface area (Å²) in [7, 11) is 0. The van der Waals surface area contributed by atoms with Crippen molar-refractivity contribution < 1.29 is 19.7 Å². The van der Waals surface area contributed by atoms with E-state index >= 15 is 0 Å². The van der Waals surface area contributed by atoms with Gasteiger partial charge in [-0.15, -0.1) is 0 Å². The smallest absolute Gasteiger partial charge is 0.308 e. The van der Waals surface area contributed by atoms with E-state index in [0.29, 0.717) is 6.61 Å². The molecule has 0 aliphatic rings. The van der Waals surface area contributed by atoms with Crippen LogP contribution in [0.25, 0.3) is 0 Å². The minimum atomic E-state index is -0.852. The average Bonchev–Trinajstić information content (AvgIpc) is 2.00. The Hall–Kier alpha value is -0.870. The SMILES string of the molecule is CCOC(=O)C[C@@H](O)C[C@H](O)C=C(C)C. The quantitative estimate of drug-likeness (QED) is 0.514. The van der Waals surface area contributed by atoms with Gasteiger partial charge in [-0.3, -0.25) is 4.79 Å². The van der Waals surface area contributed by atoms with Gasteiger partial charge in [0.15, 0.2) is 0 Å². The minimum Gasteiger partial charge on any atom is -0.466 e. The Kier molecular flexibility index (Phi) is 6.99. The molecule has 4 nitrogen and oxygen atoms in total. The van der Waals surface area contributed by atoms with Crippen molar-refractivity contribution in [2.75, 3.05) is 6.61 Å². The van der Waals surface area contributed by atoms with Crippen molar-refractivity contribution in [2.45, 2.75) is 45.8 Å². The van der Waals surface area contributed by atoms with Crippen molar-refractivity contribution in [1.29, 1.82) is 0 Å². The van der Waals surface area contributed by atoms with E-state index in [2.05, 4.69) is 4.74 Å². The van der Waals surface area contributed by atoms with E-state index in [4.69, 9.17) is 0 Å². The summed E-state index contributed by atoms with van der Waals surface area (Å²) >= 11 is 0. The summed E-state index contributed by atoms with van der Waals surface area (Å²) in [5, 5.41) is 18.9. The molecule has 0 radical (unpaired) electrons. The van der Waals surface area contributed by atoms with Crippen LogP contribution in [0.1, 0.15) is 33.6 Å². The molecule has 2 N–H and O–H groups in total. The van der Waals surface area contributed by atoms with Gasteiger partial charge < -0.3 is 14.9 Å². The van der Waals surface area contributed by atoms with Crippen LogP contribution in [0.15, 0.2) is 11.6 Å². The third-order valence-electron chi connectivity index (χ3n) is 1.75. The molecule has 0 aromatic rings. The third kappa shape index (κ3) is 8.15. The van der Waals surface area contributed by atoms with E-state index in [1.54, 1.807) is 13.0 Å². The van der Waals surface area contributed by atoms with E-state index in [0.717, 1.165) is 5.57 Å². The molecular weight excluding hydrogens is 196 g/mol. The fraction of sp³-hybridized carbons (Fsp3) is 0.727. The molecule has 0 saturated heterocycles.